The van der Waals surface area contributed by atoms with E-state index in [4.69, 9.17) is 4.98 Å². The van der Waals surface area contributed by atoms with Gasteiger partial charge in [0.05, 0.1) is 12.2 Å². The van der Waals surface area contributed by atoms with Crippen LogP contribution in [0.1, 0.15) is 17.1 Å². The molecule has 0 spiro atoms. The van der Waals surface area contributed by atoms with E-state index in [0.29, 0.717) is 0 Å². The first-order valence-electron chi connectivity index (χ1n) is 7.09. The number of benzene rings is 1. The van der Waals surface area contributed by atoms with Crippen molar-refractivity contribution in [1.82, 2.24) is 20.2 Å². The molecule has 1 aromatic carbocycles. The van der Waals surface area contributed by atoms with Crippen LogP contribution in [0.25, 0.3) is 11.3 Å². The van der Waals surface area contributed by atoms with E-state index in [2.05, 4.69) is 49.3 Å². The molecule has 1 aliphatic heterocycles. The minimum atomic E-state index is 0.931. The lowest BCUT2D eigenvalue weighted by molar-refractivity contribution is 0.228. The van der Waals surface area contributed by atoms with Gasteiger partial charge in [-0.05, 0) is 17.7 Å². The van der Waals surface area contributed by atoms with Crippen LogP contribution < -0.4 is 5.32 Å². The zero-order chi connectivity index (χ0) is 13.5. The molecule has 2 heterocycles. The van der Waals surface area contributed by atoms with Crippen LogP contribution in [-0.2, 0) is 13.0 Å². The predicted octanol–water partition coefficient (Wildman–Crippen LogP) is 2.15. The Labute approximate surface area is 126 Å². The maximum atomic E-state index is 4.82. The molecule has 0 bridgehead atoms. The highest BCUT2D eigenvalue weighted by atomic mass is 79.9. The molecule has 4 nitrogen and oxygen atoms in total. The standard InChI is InChI=1S/C15H17BrN4/c16-11-1-2-12-10(7-11)8-13-15(12)19-14(18-13)9-20-5-3-17-4-6-20/h1-2,7,17H,3-6,8-9H2,(H,18,19). The first-order chi connectivity index (χ1) is 9.79. The number of aromatic amines is 1. The van der Waals surface area contributed by atoms with Crippen molar-refractivity contribution in [2.45, 2.75) is 13.0 Å². The second-order valence-electron chi connectivity index (χ2n) is 5.52. The number of imidazole rings is 1. The molecule has 104 valence electrons. The fraction of sp³-hybridized carbons (Fsp3) is 0.400. The van der Waals surface area contributed by atoms with Gasteiger partial charge in [-0.25, -0.2) is 4.98 Å². The van der Waals surface area contributed by atoms with Crippen molar-refractivity contribution in [1.29, 1.82) is 0 Å². The van der Waals surface area contributed by atoms with Gasteiger partial charge in [0.25, 0.3) is 0 Å². The van der Waals surface area contributed by atoms with Crippen LogP contribution in [0.4, 0.5) is 0 Å². The Morgan fingerprint density at radius 1 is 1.25 bits per heavy atom. The second-order valence-corrected chi connectivity index (χ2v) is 6.43. The van der Waals surface area contributed by atoms with E-state index in [0.717, 1.165) is 55.1 Å². The van der Waals surface area contributed by atoms with Crippen molar-refractivity contribution in [2.24, 2.45) is 0 Å². The highest BCUT2D eigenvalue weighted by molar-refractivity contribution is 9.10. The quantitative estimate of drug-likeness (QED) is 0.755. The number of piperazine rings is 1. The van der Waals surface area contributed by atoms with E-state index in [-0.39, 0.29) is 0 Å². The second kappa shape index (κ2) is 4.98. The highest BCUT2D eigenvalue weighted by Gasteiger charge is 2.23. The molecule has 5 heteroatoms. The average Bonchev–Trinajstić information content (AvgIpc) is 2.96. The van der Waals surface area contributed by atoms with Gasteiger partial charge in [-0.2, -0.15) is 0 Å². The van der Waals surface area contributed by atoms with E-state index in [1.165, 1.54) is 16.8 Å². The Morgan fingerprint density at radius 2 is 2.10 bits per heavy atom. The first-order valence-corrected chi connectivity index (χ1v) is 7.88. The van der Waals surface area contributed by atoms with Crippen LogP contribution in [0.2, 0.25) is 0 Å². The molecule has 20 heavy (non-hydrogen) atoms. The smallest absolute Gasteiger partial charge is 0.121 e. The molecule has 2 aromatic rings. The fourth-order valence-electron chi connectivity index (χ4n) is 3.10. The lowest BCUT2D eigenvalue weighted by atomic mass is 10.1. The number of rotatable bonds is 2. The summed E-state index contributed by atoms with van der Waals surface area (Å²) >= 11 is 3.53. The number of hydrogen-bond donors (Lipinski definition) is 2. The van der Waals surface area contributed by atoms with Crippen molar-refractivity contribution in [3.8, 4) is 11.3 Å². The third kappa shape index (κ3) is 2.20. The van der Waals surface area contributed by atoms with Crippen LogP contribution in [0.5, 0.6) is 0 Å². The Hall–Kier alpha value is -1.17. The predicted molar refractivity (Wildman–Crippen MR) is 82.7 cm³/mol. The van der Waals surface area contributed by atoms with E-state index < -0.39 is 0 Å². The highest BCUT2D eigenvalue weighted by Crippen LogP contribution is 2.36. The molecule has 0 saturated carbocycles. The normalized spacial score (nSPS) is 18.1. The summed E-state index contributed by atoms with van der Waals surface area (Å²) in [6, 6.07) is 6.46. The summed E-state index contributed by atoms with van der Waals surface area (Å²) in [5.41, 5.74) is 5.06. The molecule has 0 unspecified atom stereocenters. The minimum absolute atomic E-state index is 0.931. The van der Waals surface area contributed by atoms with Gasteiger partial charge in [-0.15, -0.1) is 0 Å². The summed E-state index contributed by atoms with van der Waals surface area (Å²) in [4.78, 5) is 10.8. The van der Waals surface area contributed by atoms with Gasteiger partial charge in [-0.3, -0.25) is 4.90 Å². The molecular formula is C15H17BrN4. The minimum Gasteiger partial charge on any atom is -0.344 e. The van der Waals surface area contributed by atoms with E-state index >= 15 is 0 Å². The lowest BCUT2D eigenvalue weighted by Gasteiger charge is -2.26. The summed E-state index contributed by atoms with van der Waals surface area (Å²) in [6.45, 7) is 5.30. The number of fused-ring (bicyclic) bond motifs is 3. The molecule has 1 aliphatic carbocycles. The summed E-state index contributed by atoms with van der Waals surface area (Å²) < 4.78 is 1.14. The molecule has 1 saturated heterocycles. The van der Waals surface area contributed by atoms with Crippen molar-refractivity contribution in [3.05, 3.63) is 39.8 Å². The molecule has 0 radical (unpaired) electrons. The molecule has 0 amide bonds. The maximum absolute atomic E-state index is 4.82. The molecule has 0 atom stereocenters. The van der Waals surface area contributed by atoms with E-state index in [1.54, 1.807) is 0 Å². The number of nitrogens with one attached hydrogen (secondary N) is 2. The summed E-state index contributed by atoms with van der Waals surface area (Å²) in [5, 5.41) is 3.38. The maximum Gasteiger partial charge on any atom is 0.121 e. The van der Waals surface area contributed by atoms with Crippen LogP contribution in [0.3, 0.4) is 0 Å². The first kappa shape index (κ1) is 12.6. The number of nitrogens with zero attached hydrogens (tertiary/aromatic N) is 2. The molecule has 2 aliphatic rings. The van der Waals surface area contributed by atoms with Crippen molar-refractivity contribution >= 4 is 15.9 Å². The van der Waals surface area contributed by atoms with Crippen molar-refractivity contribution in [3.63, 3.8) is 0 Å². The fourth-order valence-corrected chi connectivity index (χ4v) is 3.51. The van der Waals surface area contributed by atoms with Gasteiger partial charge in [-0.1, -0.05) is 22.0 Å². The van der Waals surface area contributed by atoms with Gasteiger partial charge < -0.3 is 10.3 Å². The third-order valence-corrected chi connectivity index (χ3v) is 4.59. The zero-order valence-electron chi connectivity index (χ0n) is 11.2. The van der Waals surface area contributed by atoms with Crippen molar-refractivity contribution in [2.75, 3.05) is 26.2 Å². The molecule has 4 rings (SSSR count). The van der Waals surface area contributed by atoms with Gasteiger partial charge in [0.1, 0.15) is 5.82 Å². The van der Waals surface area contributed by atoms with Gasteiger partial charge in [0, 0.05) is 48.3 Å². The molecule has 1 fully saturated rings. The number of halogens is 1. The number of aromatic nitrogens is 2. The topological polar surface area (TPSA) is 44.0 Å². The van der Waals surface area contributed by atoms with Crippen LogP contribution >= 0.6 is 15.9 Å². The monoisotopic (exact) mass is 332 g/mol. The molecular weight excluding hydrogens is 316 g/mol. The lowest BCUT2D eigenvalue weighted by Crippen LogP contribution is -2.43. The van der Waals surface area contributed by atoms with Gasteiger partial charge in [0.15, 0.2) is 0 Å². The Morgan fingerprint density at radius 3 is 2.95 bits per heavy atom. The Balaban J connectivity index is 1.58. The van der Waals surface area contributed by atoms with E-state index in [9.17, 15) is 0 Å². The van der Waals surface area contributed by atoms with Crippen LogP contribution in [0, 0.1) is 0 Å². The summed E-state index contributed by atoms with van der Waals surface area (Å²) in [7, 11) is 0. The number of H-pyrrole nitrogens is 1. The van der Waals surface area contributed by atoms with Crippen LogP contribution in [-0.4, -0.2) is 41.0 Å². The molecule has 2 N–H and O–H groups in total. The van der Waals surface area contributed by atoms with Gasteiger partial charge in [0.2, 0.25) is 0 Å². The Kier molecular flexibility index (Phi) is 3.13. The summed E-state index contributed by atoms with van der Waals surface area (Å²) in [5.74, 6) is 1.10. The zero-order valence-corrected chi connectivity index (χ0v) is 12.8. The molecule has 1 aromatic heterocycles. The van der Waals surface area contributed by atoms with Gasteiger partial charge >= 0.3 is 0 Å². The largest absolute Gasteiger partial charge is 0.344 e. The third-order valence-electron chi connectivity index (χ3n) is 4.10. The SMILES string of the molecule is Brc1ccc2c(c1)Cc1[nH]c(CN3CCNCC3)nc1-2. The Bertz CT molecular complexity index is 643. The average molecular weight is 333 g/mol. The van der Waals surface area contributed by atoms with Crippen LogP contribution in [0.15, 0.2) is 22.7 Å². The summed E-state index contributed by atoms with van der Waals surface area (Å²) in [6.07, 6.45) is 0.971. The number of hydrogen-bond acceptors (Lipinski definition) is 3. The van der Waals surface area contributed by atoms with Crippen molar-refractivity contribution < 1.29 is 0 Å². The van der Waals surface area contributed by atoms with E-state index in [1.807, 2.05) is 0 Å².